The highest BCUT2D eigenvalue weighted by Crippen LogP contribution is 2.45. The molecule has 0 radical (unpaired) electrons. The van der Waals surface area contributed by atoms with Gasteiger partial charge in [0.15, 0.2) is 12.0 Å². The molecule has 4 atom stereocenters. The minimum atomic E-state index is -0.738. The first-order valence-corrected chi connectivity index (χ1v) is 7.93. The van der Waals surface area contributed by atoms with Crippen molar-refractivity contribution >= 4 is 0 Å². The van der Waals surface area contributed by atoms with Gasteiger partial charge in [0.1, 0.15) is 24.9 Å². The van der Waals surface area contributed by atoms with E-state index < -0.39 is 29.4 Å². The Hall–Kier alpha value is -1.64. The first-order valence-electron chi connectivity index (χ1n) is 7.93. The molecule has 23 heavy (non-hydrogen) atoms. The highest BCUT2D eigenvalue weighted by atomic mass is 16.8. The average molecular weight is 324 g/mol. The van der Waals surface area contributed by atoms with Gasteiger partial charge in [-0.2, -0.15) is 0 Å². The van der Waals surface area contributed by atoms with Crippen molar-refractivity contribution < 1.29 is 18.9 Å². The van der Waals surface area contributed by atoms with Crippen LogP contribution in [0.1, 0.15) is 39.0 Å². The van der Waals surface area contributed by atoms with Crippen LogP contribution in [0.4, 0.5) is 0 Å². The number of hydrogen-bond donors (Lipinski definition) is 1. The van der Waals surface area contributed by atoms with Crippen molar-refractivity contribution in [3.63, 3.8) is 0 Å². The number of aromatic nitrogens is 2. The van der Waals surface area contributed by atoms with E-state index in [1.807, 2.05) is 20.8 Å². The van der Waals surface area contributed by atoms with Crippen molar-refractivity contribution in [2.24, 2.45) is 0 Å². The van der Waals surface area contributed by atoms with Gasteiger partial charge in [-0.3, -0.25) is 9.78 Å². The number of nitrogens with zero attached hydrogens (tertiary/aromatic N) is 1. The summed E-state index contributed by atoms with van der Waals surface area (Å²) in [6.45, 7) is 5.85. The molecule has 2 saturated heterocycles. The Kier molecular flexibility index (Phi) is 3.20. The molecule has 0 unspecified atom stereocenters. The minimum Gasteiger partial charge on any atom is -0.475 e. The molecule has 1 aromatic rings. The van der Waals surface area contributed by atoms with Crippen LogP contribution in [-0.4, -0.2) is 40.3 Å². The molecule has 4 rings (SSSR count). The second-order valence-electron chi connectivity index (χ2n) is 6.60. The fourth-order valence-electron chi connectivity index (χ4n) is 3.59. The Labute approximate surface area is 132 Å². The lowest BCUT2D eigenvalue weighted by molar-refractivity contribution is -0.195. The monoisotopic (exact) mass is 324 g/mol. The third-order valence-electron chi connectivity index (χ3n) is 4.45. The molecule has 3 aliphatic rings. The lowest BCUT2D eigenvalue weighted by atomic mass is 10.1. The van der Waals surface area contributed by atoms with Crippen LogP contribution in [0, 0.1) is 0 Å². The van der Waals surface area contributed by atoms with E-state index in [0.29, 0.717) is 17.9 Å². The summed E-state index contributed by atoms with van der Waals surface area (Å²) in [5, 5.41) is 0. The predicted molar refractivity (Wildman–Crippen MR) is 78.5 cm³/mol. The van der Waals surface area contributed by atoms with Crippen LogP contribution < -0.4 is 16.0 Å². The smallest absolute Gasteiger partial charge is 0.333 e. The predicted octanol–water partition coefficient (Wildman–Crippen LogP) is 0.299. The summed E-state index contributed by atoms with van der Waals surface area (Å²) in [6, 6.07) is 0. The quantitative estimate of drug-likeness (QED) is 0.841. The third kappa shape index (κ3) is 2.16. The van der Waals surface area contributed by atoms with Gasteiger partial charge in [-0.15, -0.1) is 0 Å². The molecule has 2 fully saturated rings. The molecule has 0 amide bonds. The van der Waals surface area contributed by atoms with Gasteiger partial charge in [0.2, 0.25) is 5.88 Å². The maximum Gasteiger partial charge on any atom is 0.333 e. The van der Waals surface area contributed by atoms with E-state index in [4.69, 9.17) is 18.9 Å². The molecular formula is C15H20N2O6. The molecule has 0 spiro atoms. The summed E-state index contributed by atoms with van der Waals surface area (Å²) in [4.78, 5) is 26.8. The summed E-state index contributed by atoms with van der Waals surface area (Å²) >= 11 is 0. The zero-order valence-electron chi connectivity index (χ0n) is 13.3. The second kappa shape index (κ2) is 4.93. The van der Waals surface area contributed by atoms with Crippen molar-refractivity contribution in [3.8, 4) is 5.88 Å². The zero-order valence-corrected chi connectivity index (χ0v) is 13.3. The third-order valence-corrected chi connectivity index (χ3v) is 4.45. The van der Waals surface area contributed by atoms with Crippen LogP contribution in [0.3, 0.4) is 0 Å². The van der Waals surface area contributed by atoms with Crippen molar-refractivity contribution in [1.82, 2.24) is 9.55 Å². The number of aromatic amines is 1. The second-order valence-corrected chi connectivity index (χ2v) is 6.60. The molecule has 8 nitrogen and oxygen atoms in total. The number of rotatable bonds is 2. The standard InChI is InChI=1S/C15H20N2O6/c1-4-5-7-11(18)16-14(19)17-12(7)20-6-8-9-10(13(17)21-8)23-15(2,3)22-9/h8-10,13H,4-6H2,1-3H3,(H,16,18,19)/t8-,9-,10-,13-/m1/s1. The van der Waals surface area contributed by atoms with E-state index in [1.165, 1.54) is 4.57 Å². The van der Waals surface area contributed by atoms with Crippen molar-refractivity contribution in [3.05, 3.63) is 26.4 Å². The van der Waals surface area contributed by atoms with Crippen molar-refractivity contribution in [2.75, 3.05) is 6.61 Å². The van der Waals surface area contributed by atoms with Gasteiger partial charge >= 0.3 is 5.69 Å². The van der Waals surface area contributed by atoms with Crippen LogP contribution in [0.25, 0.3) is 0 Å². The van der Waals surface area contributed by atoms with Crippen molar-refractivity contribution in [2.45, 2.75) is 63.9 Å². The molecular weight excluding hydrogens is 304 g/mol. The Morgan fingerprint density at radius 2 is 2.00 bits per heavy atom. The van der Waals surface area contributed by atoms with Gasteiger partial charge in [0.05, 0.1) is 5.56 Å². The lowest BCUT2D eigenvalue weighted by Gasteiger charge is -2.23. The summed E-state index contributed by atoms with van der Waals surface area (Å²) in [5.41, 5.74) is -0.483. The summed E-state index contributed by atoms with van der Waals surface area (Å²) in [5.74, 6) is -0.446. The largest absolute Gasteiger partial charge is 0.475 e. The van der Waals surface area contributed by atoms with E-state index in [0.717, 1.165) is 6.42 Å². The van der Waals surface area contributed by atoms with Crippen LogP contribution in [0.5, 0.6) is 5.88 Å². The molecule has 8 heteroatoms. The van der Waals surface area contributed by atoms with Crippen molar-refractivity contribution in [1.29, 1.82) is 0 Å². The Balaban J connectivity index is 1.86. The molecule has 2 bridgehead atoms. The summed E-state index contributed by atoms with van der Waals surface area (Å²) < 4.78 is 24.9. The molecule has 3 aliphatic heterocycles. The first kappa shape index (κ1) is 14.9. The number of fused-ring (bicyclic) bond motifs is 7. The van der Waals surface area contributed by atoms with E-state index in [-0.39, 0.29) is 18.8 Å². The Bertz CT molecular complexity index is 751. The average Bonchev–Trinajstić information content (AvgIpc) is 2.85. The normalized spacial score (nSPS) is 33.7. The van der Waals surface area contributed by atoms with Gasteiger partial charge in [0.25, 0.3) is 5.56 Å². The number of nitrogens with one attached hydrogen (secondary N) is 1. The molecule has 0 aliphatic carbocycles. The summed E-state index contributed by atoms with van der Waals surface area (Å²) in [6.07, 6.45) is -0.405. The number of hydrogen-bond acceptors (Lipinski definition) is 6. The van der Waals surface area contributed by atoms with E-state index in [9.17, 15) is 9.59 Å². The lowest BCUT2D eigenvalue weighted by Crippen LogP contribution is -2.41. The molecule has 1 N–H and O–H groups in total. The van der Waals surface area contributed by atoms with Gasteiger partial charge in [-0.25, -0.2) is 9.36 Å². The van der Waals surface area contributed by atoms with Gasteiger partial charge in [0, 0.05) is 0 Å². The highest BCUT2D eigenvalue weighted by molar-refractivity contribution is 5.26. The van der Waals surface area contributed by atoms with E-state index in [2.05, 4.69) is 4.98 Å². The summed E-state index contributed by atoms with van der Waals surface area (Å²) in [7, 11) is 0. The van der Waals surface area contributed by atoms with Crippen LogP contribution in [0.2, 0.25) is 0 Å². The van der Waals surface area contributed by atoms with E-state index in [1.54, 1.807) is 0 Å². The Morgan fingerprint density at radius 3 is 2.74 bits per heavy atom. The minimum absolute atomic E-state index is 0.219. The molecule has 126 valence electrons. The van der Waals surface area contributed by atoms with Crippen LogP contribution in [0.15, 0.2) is 9.59 Å². The van der Waals surface area contributed by atoms with E-state index >= 15 is 0 Å². The SMILES string of the molecule is CCCc1c2n(c(=O)[nH]c1=O)[C@@H]1O[C@H](CO2)[C@H]2OC(C)(C)O[C@H]21. The molecule has 0 aromatic carbocycles. The van der Waals surface area contributed by atoms with Gasteiger partial charge in [-0.1, -0.05) is 13.3 Å². The van der Waals surface area contributed by atoms with Gasteiger partial charge in [-0.05, 0) is 20.3 Å². The molecule has 0 saturated carbocycles. The first-order chi connectivity index (χ1) is 10.9. The maximum atomic E-state index is 12.4. The fourth-order valence-corrected chi connectivity index (χ4v) is 3.59. The number of H-pyrrole nitrogens is 1. The zero-order chi connectivity index (χ0) is 16.4. The van der Waals surface area contributed by atoms with Gasteiger partial charge < -0.3 is 18.9 Å². The van der Waals surface area contributed by atoms with Crippen LogP contribution >= 0.6 is 0 Å². The highest BCUT2D eigenvalue weighted by Gasteiger charge is 2.58. The topological polar surface area (TPSA) is 91.8 Å². The Morgan fingerprint density at radius 1 is 1.26 bits per heavy atom. The fraction of sp³-hybridized carbons (Fsp3) is 0.733. The number of ether oxygens (including phenoxy) is 4. The molecule has 4 heterocycles. The van der Waals surface area contributed by atoms with Crippen LogP contribution in [-0.2, 0) is 20.6 Å². The maximum absolute atomic E-state index is 12.4. The molecule has 1 aromatic heterocycles.